The van der Waals surface area contributed by atoms with Crippen molar-refractivity contribution >= 4 is 55.8 Å². The second kappa shape index (κ2) is 20.2. The van der Waals surface area contributed by atoms with Crippen LogP contribution in [0.15, 0.2) is 97.1 Å². The molecular weight excluding hydrogens is 643 g/mol. The molecule has 0 fully saturated rings. The first-order valence-electron chi connectivity index (χ1n) is 14.7. The van der Waals surface area contributed by atoms with Crippen molar-refractivity contribution in [3.8, 4) is 0 Å². The molecule has 4 rings (SSSR count). The van der Waals surface area contributed by atoms with Crippen LogP contribution in [0.25, 0.3) is 0 Å². The Morgan fingerprint density at radius 1 is 0.581 bits per heavy atom. The van der Waals surface area contributed by atoms with E-state index in [4.69, 9.17) is 0 Å². The molecule has 0 saturated heterocycles. The molecule has 0 heterocycles. The first kappa shape index (κ1) is 35.4. The molecule has 6 nitrogen and oxygen atoms in total. The van der Waals surface area contributed by atoms with Crippen LogP contribution in [0.3, 0.4) is 0 Å². The fourth-order valence-electron chi connectivity index (χ4n) is 3.85. The molecule has 4 aromatic rings. The van der Waals surface area contributed by atoms with Gasteiger partial charge in [-0.2, -0.15) is 0 Å². The number of carboxylic acids is 2. The van der Waals surface area contributed by atoms with Crippen molar-refractivity contribution in [2.75, 3.05) is 10.6 Å². The van der Waals surface area contributed by atoms with E-state index in [1.807, 2.05) is 62.4 Å². The van der Waals surface area contributed by atoms with Gasteiger partial charge >= 0.3 is 69.5 Å². The van der Waals surface area contributed by atoms with Crippen LogP contribution in [-0.2, 0) is 0 Å². The van der Waals surface area contributed by atoms with Crippen molar-refractivity contribution in [2.24, 2.45) is 0 Å². The number of carbonyl (C=O) groups excluding carboxylic acids is 2. The number of carboxylic acid groups (broad SMARTS) is 2. The number of aromatic carboxylic acids is 2. The van der Waals surface area contributed by atoms with E-state index in [0.29, 0.717) is 11.4 Å². The molecule has 0 atom stereocenters. The maximum absolute atomic E-state index is 10.9. The molecule has 4 aromatic carbocycles. The minimum absolute atomic E-state index is 0.149. The molecule has 0 amide bonds. The van der Waals surface area contributed by atoms with E-state index in [1.165, 1.54) is 37.8 Å². The number of rotatable bonds is 12. The van der Waals surface area contributed by atoms with Crippen LogP contribution < -0.4 is 20.8 Å². The predicted molar refractivity (Wildman–Crippen MR) is 176 cm³/mol. The molecule has 43 heavy (non-hydrogen) atoms. The Morgan fingerprint density at radius 2 is 0.930 bits per heavy atom. The second-order valence-corrected chi connectivity index (χ2v) is 14.4. The zero-order chi connectivity index (χ0) is 31.5. The second-order valence-electron chi connectivity index (χ2n) is 10.1. The smallest absolute Gasteiger partial charge is 0.0736 e. The van der Waals surface area contributed by atoms with Crippen LogP contribution in [0.2, 0.25) is 8.87 Å². The van der Waals surface area contributed by atoms with Crippen molar-refractivity contribution in [1.82, 2.24) is 0 Å². The molecule has 0 spiro atoms. The fourth-order valence-corrected chi connectivity index (χ4v) is 8.01. The standard InChI is InChI=1S/2C14H13NO2.2C4H9.Sn/c2*1-10-6-8-11(9-7-10)15-13-5-3-2-4-12(13)14(16)17;2*1-3-4-2;/h2*2-9,15H,1H3,(H,16,17);2*1,3-4H2,2H3;/q;;;;+2/p-2. The van der Waals surface area contributed by atoms with E-state index in [-0.39, 0.29) is 32.3 Å². The number of benzene rings is 4. The maximum atomic E-state index is 10.9. The molecule has 7 heteroatoms. The third-order valence-electron chi connectivity index (χ3n) is 6.37. The van der Waals surface area contributed by atoms with E-state index in [9.17, 15) is 19.8 Å². The van der Waals surface area contributed by atoms with E-state index < -0.39 is 11.9 Å². The number of hydrogen-bond donors (Lipinski definition) is 2. The van der Waals surface area contributed by atoms with Crippen molar-refractivity contribution in [3.05, 3.63) is 119 Å². The molecule has 0 aliphatic carbocycles. The average Bonchev–Trinajstić information content (AvgIpc) is 3.00. The largest absolute Gasteiger partial charge is 0.545 e. The normalized spacial score (nSPS) is 9.77. The quantitative estimate of drug-likeness (QED) is 0.120. The fraction of sp³-hybridized carbons (Fsp3) is 0.278. The summed E-state index contributed by atoms with van der Waals surface area (Å²) in [6.07, 6.45) is 5.84. The Balaban J connectivity index is 0.000000238. The molecular formula is C36H42N2O4Sn. The molecule has 0 unspecified atom stereocenters. The van der Waals surface area contributed by atoms with Crippen molar-refractivity contribution in [2.45, 2.75) is 62.3 Å². The van der Waals surface area contributed by atoms with Gasteiger partial charge in [-0.1, -0.05) is 71.8 Å². The van der Waals surface area contributed by atoms with E-state index in [1.54, 1.807) is 45.3 Å². The van der Waals surface area contributed by atoms with Gasteiger partial charge in [0.05, 0.1) is 11.9 Å². The van der Waals surface area contributed by atoms with Crippen LogP contribution in [0, 0.1) is 13.8 Å². The molecule has 0 saturated carbocycles. The van der Waals surface area contributed by atoms with Gasteiger partial charge < -0.3 is 30.4 Å². The summed E-state index contributed by atoms with van der Waals surface area (Å²) < 4.78 is 3.25. The summed E-state index contributed by atoms with van der Waals surface area (Å²) in [7, 11) is 0. The summed E-state index contributed by atoms with van der Waals surface area (Å²) in [5, 5.41) is 28.0. The summed E-state index contributed by atoms with van der Waals surface area (Å²) in [5.74, 6) is -2.36. The number of anilines is 4. The van der Waals surface area contributed by atoms with E-state index in [0.717, 1.165) is 22.5 Å². The van der Waals surface area contributed by atoms with Gasteiger partial charge in [0.25, 0.3) is 0 Å². The Hall–Kier alpha value is -3.78. The zero-order valence-corrected chi connectivity index (χ0v) is 28.5. The molecule has 2 N–H and O–H groups in total. The van der Waals surface area contributed by atoms with Crippen molar-refractivity contribution < 1.29 is 19.8 Å². The van der Waals surface area contributed by atoms with Gasteiger partial charge in [-0.05, 0) is 50.2 Å². The first-order valence-corrected chi connectivity index (χ1v) is 18.8. The van der Waals surface area contributed by atoms with Gasteiger partial charge in [0.15, 0.2) is 0 Å². The molecule has 0 radical (unpaired) electrons. The monoisotopic (exact) mass is 686 g/mol. The van der Waals surface area contributed by atoms with Gasteiger partial charge in [-0.25, -0.2) is 0 Å². The van der Waals surface area contributed by atoms with Gasteiger partial charge in [0.2, 0.25) is 0 Å². The number of nitrogens with one attached hydrogen (secondary N) is 2. The van der Waals surface area contributed by atoms with Gasteiger partial charge in [-0.15, -0.1) is 0 Å². The molecule has 0 bridgehead atoms. The van der Waals surface area contributed by atoms with Crippen LogP contribution in [-0.4, -0.2) is 33.1 Å². The van der Waals surface area contributed by atoms with Crippen LogP contribution in [0.4, 0.5) is 22.7 Å². The zero-order valence-electron chi connectivity index (χ0n) is 25.6. The van der Waals surface area contributed by atoms with Crippen molar-refractivity contribution in [1.29, 1.82) is 0 Å². The summed E-state index contributed by atoms with van der Waals surface area (Å²) in [5.41, 5.74) is 5.41. The third kappa shape index (κ3) is 13.8. The number of para-hydroxylation sites is 2. The molecule has 0 aliphatic rings. The Morgan fingerprint density at radius 3 is 1.26 bits per heavy atom. The van der Waals surface area contributed by atoms with Crippen LogP contribution in [0.1, 0.15) is 71.4 Å². The minimum atomic E-state index is -1.18. The van der Waals surface area contributed by atoms with Crippen LogP contribution in [0.5, 0.6) is 0 Å². The van der Waals surface area contributed by atoms with E-state index in [2.05, 4.69) is 24.5 Å². The molecule has 224 valence electrons. The molecule has 0 aromatic heterocycles. The topological polar surface area (TPSA) is 104 Å². The summed E-state index contributed by atoms with van der Waals surface area (Å²) in [6.45, 7) is 8.58. The summed E-state index contributed by atoms with van der Waals surface area (Å²) in [6, 6.07) is 28.8. The SMILES string of the molecule is CCC[CH2][Sn+2][CH2]CCC.Cc1ccc(Nc2ccccc2C(=O)[O-])cc1.Cc1ccc(Nc2ccccc2C(=O)[O-])cc1. The Labute approximate surface area is 266 Å². The van der Waals surface area contributed by atoms with Crippen molar-refractivity contribution in [3.63, 3.8) is 0 Å². The number of aryl methyl sites for hydroxylation is 2. The Bertz CT molecular complexity index is 1280. The number of unbranched alkanes of at least 4 members (excludes halogenated alkanes) is 2. The maximum Gasteiger partial charge on any atom is 0.0736 e. The third-order valence-corrected chi connectivity index (χ3v) is 10.4. The average molecular weight is 685 g/mol. The first-order chi connectivity index (χ1) is 20.7. The van der Waals surface area contributed by atoms with Crippen LogP contribution >= 0.6 is 0 Å². The van der Waals surface area contributed by atoms with Gasteiger partial charge in [-0.3, -0.25) is 0 Å². The summed E-state index contributed by atoms with van der Waals surface area (Å²) >= 11 is 0.149. The number of carbonyl (C=O) groups is 2. The van der Waals surface area contributed by atoms with E-state index >= 15 is 0 Å². The van der Waals surface area contributed by atoms with Gasteiger partial charge in [0, 0.05) is 33.9 Å². The summed E-state index contributed by atoms with van der Waals surface area (Å²) in [4.78, 5) is 21.8. The van der Waals surface area contributed by atoms with Gasteiger partial charge in [0.1, 0.15) is 0 Å². The minimum Gasteiger partial charge on any atom is -0.545 e. The Kier molecular flexibility index (Phi) is 16.6. The predicted octanol–water partition coefficient (Wildman–Crippen LogP) is 7.33. The molecule has 0 aliphatic heterocycles. The number of hydrogen-bond acceptors (Lipinski definition) is 6.